The maximum Gasteiger partial charge on any atom is 0.261 e. The minimum Gasteiger partial charge on any atom is -0.322 e. The molecule has 138 valence electrons. The molecule has 27 heavy (non-hydrogen) atoms. The number of hydrogen-bond acceptors (Lipinski definition) is 3. The van der Waals surface area contributed by atoms with Crippen molar-refractivity contribution in [3.8, 4) is 0 Å². The zero-order valence-corrected chi connectivity index (χ0v) is 15.3. The lowest BCUT2D eigenvalue weighted by molar-refractivity contribution is 0.102. The van der Waals surface area contributed by atoms with E-state index in [2.05, 4.69) is 10.0 Å². The van der Waals surface area contributed by atoms with Gasteiger partial charge in [-0.15, -0.1) is 0 Å². The van der Waals surface area contributed by atoms with Crippen molar-refractivity contribution in [2.45, 2.75) is 11.8 Å². The van der Waals surface area contributed by atoms with Crippen molar-refractivity contribution in [3.63, 3.8) is 0 Å². The van der Waals surface area contributed by atoms with Crippen LogP contribution in [0.3, 0.4) is 0 Å². The maximum atomic E-state index is 13.2. The third kappa shape index (κ3) is 4.51. The van der Waals surface area contributed by atoms with Gasteiger partial charge in [-0.25, -0.2) is 12.8 Å². The Kier molecular flexibility index (Phi) is 5.23. The average molecular weight is 384 g/mol. The Labute approximate surface area is 156 Å². The first-order valence-corrected chi connectivity index (χ1v) is 9.59. The average Bonchev–Trinajstić information content (AvgIpc) is 2.64. The summed E-state index contributed by atoms with van der Waals surface area (Å²) in [5.41, 5.74) is 1.67. The Morgan fingerprint density at radius 2 is 1.67 bits per heavy atom. The lowest BCUT2D eigenvalue weighted by Gasteiger charge is -2.11. The third-order valence-corrected chi connectivity index (χ3v) is 5.24. The molecule has 0 unspecified atom stereocenters. The van der Waals surface area contributed by atoms with Crippen molar-refractivity contribution in [2.24, 2.45) is 0 Å². The van der Waals surface area contributed by atoms with E-state index in [0.717, 1.165) is 5.56 Å². The number of aryl methyl sites for hydroxylation is 1. The number of amides is 1. The highest BCUT2D eigenvalue weighted by molar-refractivity contribution is 7.92. The molecule has 0 aliphatic carbocycles. The SMILES string of the molecule is Cc1ccccc1NS(=O)(=O)c1cccc(C(=O)Nc2cccc(F)c2)c1. The third-order valence-electron chi connectivity index (χ3n) is 3.88. The van der Waals surface area contributed by atoms with Crippen LogP contribution in [0.15, 0.2) is 77.7 Å². The largest absolute Gasteiger partial charge is 0.322 e. The van der Waals surface area contributed by atoms with Gasteiger partial charge in [-0.2, -0.15) is 0 Å². The normalized spacial score (nSPS) is 11.0. The Balaban J connectivity index is 1.84. The summed E-state index contributed by atoms with van der Waals surface area (Å²) in [4.78, 5) is 12.3. The minimum absolute atomic E-state index is 0.0438. The summed E-state index contributed by atoms with van der Waals surface area (Å²) in [6.45, 7) is 1.79. The second kappa shape index (κ2) is 7.59. The maximum absolute atomic E-state index is 13.2. The molecule has 3 rings (SSSR count). The van der Waals surface area contributed by atoms with Gasteiger partial charge in [-0.1, -0.05) is 30.3 Å². The monoisotopic (exact) mass is 384 g/mol. The molecule has 0 aliphatic rings. The van der Waals surface area contributed by atoms with Gasteiger partial charge in [0.05, 0.1) is 10.6 Å². The molecule has 7 heteroatoms. The Bertz CT molecular complexity index is 1100. The molecular weight excluding hydrogens is 367 g/mol. The number of hydrogen-bond donors (Lipinski definition) is 2. The van der Waals surface area contributed by atoms with Crippen molar-refractivity contribution < 1.29 is 17.6 Å². The summed E-state index contributed by atoms with van der Waals surface area (Å²) in [5.74, 6) is -1.01. The quantitative estimate of drug-likeness (QED) is 0.693. The summed E-state index contributed by atoms with van der Waals surface area (Å²) in [6, 6.07) is 18.1. The molecule has 1 amide bonds. The summed E-state index contributed by atoms with van der Waals surface area (Å²) in [6.07, 6.45) is 0. The van der Waals surface area contributed by atoms with Crippen molar-refractivity contribution >= 4 is 27.3 Å². The van der Waals surface area contributed by atoms with Crippen LogP contribution in [0, 0.1) is 12.7 Å². The highest BCUT2D eigenvalue weighted by Crippen LogP contribution is 2.20. The van der Waals surface area contributed by atoms with Gasteiger partial charge in [0.15, 0.2) is 0 Å². The van der Waals surface area contributed by atoms with Crippen LogP contribution in [0.5, 0.6) is 0 Å². The zero-order valence-electron chi connectivity index (χ0n) is 14.4. The fourth-order valence-corrected chi connectivity index (χ4v) is 3.64. The predicted molar refractivity (Wildman–Crippen MR) is 103 cm³/mol. The Morgan fingerprint density at radius 1 is 0.926 bits per heavy atom. The molecule has 0 heterocycles. The van der Waals surface area contributed by atoms with Crippen molar-refractivity contribution in [1.29, 1.82) is 0 Å². The molecule has 3 aromatic carbocycles. The second-order valence-electron chi connectivity index (χ2n) is 5.91. The highest BCUT2D eigenvalue weighted by Gasteiger charge is 2.17. The molecule has 5 nitrogen and oxygen atoms in total. The topological polar surface area (TPSA) is 75.3 Å². The lowest BCUT2D eigenvalue weighted by atomic mass is 10.2. The fourth-order valence-electron chi connectivity index (χ4n) is 2.47. The number of halogens is 1. The van der Waals surface area contributed by atoms with Crippen LogP contribution in [-0.2, 0) is 10.0 Å². The van der Waals surface area contributed by atoms with E-state index < -0.39 is 21.7 Å². The first kappa shape index (κ1) is 18.6. The van der Waals surface area contributed by atoms with Crippen molar-refractivity contribution in [2.75, 3.05) is 10.0 Å². The van der Waals surface area contributed by atoms with Crippen LogP contribution in [-0.4, -0.2) is 14.3 Å². The van der Waals surface area contributed by atoms with Crippen LogP contribution in [0.1, 0.15) is 15.9 Å². The smallest absolute Gasteiger partial charge is 0.261 e. The first-order chi connectivity index (χ1) is 12.8. The predicted octanol–water partition coefficient (Wildman–Crippen LogP) is 4.19. The zero-order chi connectivity index (χ0) is 19.4. The Hall–Kier alpha value is -3.19. The van der Waals surface area contributed by atoms with E-state index in [1.165, 1.54) is 42.5 Å². The molecule has 0 saturated heterocycles. The van der Waals surface area contributed by atoms with Gasteiger partial charge >= 0.3 is 0 Å². The molecule has 0 fully saturated rings. The van der Waals surface area contributed by atoms with Crippen molar-refractivity contribution in [1.82, 2.24) is 0 Å². The number of anilines is 2. The number of para-hydroxylation sites is 1. The fraction of sp³-hybridized carbons (Fsp3) is 0.0500. The van der Waals surface area contributed by atoms with Gasteiger partial charge in [-0.3, -0.25) is 9.52 Å². The number of sulfonamides is 1. The number of benzene rings is 3. The van der Waals surface area contributed by atoms with Crippen LogP contribution >= 0.6 is 0 Å². The van der Waals surface area contributed by atoms with E-state index in [9.17, 15) is 17.6 Å². The van der Waals surface area contributed by atoms with E-state index in [-0.39, 0.29) is 16.1 Å². The van der Waals surface area contributed by atoms with E-state index in [1.54, 1.807) is 31.2 Å². The van der Waals surface area contributed by atoms with Crippen LogP contribution in [0.4, 0.5) is 15.8 Å². The number of rotatable bonds is 5. The summed E-state index contributed by atoms with van der Waals surface area (Å²) in [5, 5.41) is 2.54. The summed E-state index contributed by atoms with van der Waals surface area (Å²) in [7, 11) is -3.86. The summed E-state index contributed by atoms with van der Waals surface area (Å²) >= 11 is 0. The van der Waals surface area contributed by atoms with Crippen LogP contribution in [0.25, 0.3) is 0 Å². The van der Waals surface area contributed by atoms with Gasteiger partial charge in [-0.05, 0) is 55.0 Å². The molecule has 0 aliphatic heterocycles. The van der Waals surface area contributed by atoms with Crippen molar-refractivity contribution in [3.05, 3.63) is 89.7 Å². The lowest BCUT2D eigenvalue weighted by Crippen LogP contribution is -2.16. The minimum atomic E-state index is -3.86. The van der Waals surface area contributed by atoms with Gasteiger partial charge in [0.1, 0.15) is 5.82 Å². The highest BCUT2D eigenvalue weighted by atomic mass is 32.2. The summed E-state index contributed by atoms with van der Waals surface area (Å²) < 4.78 is 41.0. The van der Waals surface area contributed by atoms with E-state index in [1.807, 2.05) is 6.07 Å². The molecule has 0 radical (unpaired) electrons. The molecular formula is C20H17FN2O3S. The molecule has 0 spiro atoms. The van der Waals surface area contributed by atoms with E-state index in [0.29, 0.717) is 5.69 Å². The van der Waals surface area contributed by atoms with Gasteiger partial charge in [0.2, 0.25) is 0 Å². The van der Waals surface area contributed by atoms with Gasteiger partial charge in [0.25, 0.3) is 15.9 Å². The molecule has 2 N–H and O–H groups in total. The molecule has 0 aromatic heterocycles. The van der Waals surface area contributed by atoms with E-state index in [4.69, 9.17) is 0 Å². The van der Waals surface area contributed by atoms with Gasteiger partial charge < -0.3 is 5.32 Å². The number of carbonyl (C=O) groups is 1. The van der Waals surface area contributed by atoms with Gasteiger partial charge in [0, 0.05) is 11.3 Å². The molecule has 0 atom stereocenters. The van der Waals surface area contributed by atoms with Crippen LogP contribution < -0.4 is 10.0 Å². The number of nitrogens with one attached hydrogen (secondary N) is 2. The molecule has 0 bridgehead atoms. The first-order valence-electron chi connectivity index (χ1n) is 8.10. The molecule has 0 saturated carbocycles. The standard InChI is InChI=1S/C20H17FN2O3S/c1-14-6-2-3-11-19(14)23-27(25,26)18-10-4-7-15(12-18)20(24)22-17-9-5-8-16(21)13-17/h2-13,23H,1H3,(H,22,24). The second-order valence-corrected chi connectivity index (χ2v) is 7.60. The van der Waals surface area contributed by atoms with Crippen LogP contribution in [0.2, 0.25) is 0 Å². The number of carbonyl (C=O) groups excluding carboxylic acids is 1. The molecule has 3 aromatic rings. The Morgan fingerprint density at radius 3 is 2.41 bits per heavy atom. The van der Waals surface area contributed by atoms with E-state index >= 15 is 0 Å².